The number of halogens is 2. The number of amides is 1. The fourth-order valence-electron chi connectivity index (χ4n) is 3.15. The van der Waals surface area contributed by atoms with Crippen LogP contribution in [-0.2, 0) is 14.8 Å². The van der Waals surface area contributed by atoms with Gasteiger partial charge < -0.3 is 10.1 Å². The third-order valence-electron chi connectivity index (χ3n) is 4.76. The number of nitrogens with zero attached hydrogens (tertiary/aromatic N) is 1. The van der Waals surface area contributed by atoms with Crippen molar-refractivity contribution in [3.63, 3.8) is 0 Å². The average Bonchev–Trinajstić information content (AvgIpc) is 2.79. The van der Waals surface area contributed by atoms with E-state index in [1.54, 1.807) is 61.5 Å². The van der Waals surface area contributed by atoms with Crippen molar-refractivity contribution in [2.75, 3.05) is 22.8 Å². The maximum absolute atomic E-state index is 13.0. The summed E-state index contributed by atoms with van der Waals surface area (Å²) in [6, 6.07) is 20.0. The van der Waals surface area contributed by atoms with Crippen molar-refractivity contribution >= 4 is 50.5 Å². The van der Waals surface area contributed by atoms with E-state index in [1.165, 1.54) is 16.4 Å². The van der Waals surface area contributed by atoms with Crippen LogP contribution in [0.2, 0.25) is 10.0 Å². The van der Waals surface area contributed by atoms with E-state index < -0.39 is 10.0 Å². The highest BCUT2D eigenvalue weighted by atomic mass is 35.5. The molecule has 0 saturated carbocycles. The number of carbonyl (C=O) groups is 1. The average molecular weight is 507 g/mol. The van der Waals surface area contributed by atoms with Crippen LogP contribution in [0.25, 0.3) is 0 Å². The molecule has 0 radical (unpaired) electrons. The molecule has 1 N–H and O–H groups in total. The molecule has 0 atom stereocenters. The quantitative estimate of drug-likeness (QED) is 0.341. The molecule has 3 aromatic rings. The Morgan fingerprint density at radius 1 is 1.00 bits per heavy atom. The van der Waals surface area contributed by atoms with Crippen molar-refractivity contribution in [2.24, 2.45) is 0 Å². The van der Waals surface area contributed by atoms with Crippen LogP contribution in [-0.4, -0.2) is 27.5 Å². The Morgan fingerprint density at radius 2 is 1.70 bits per heavy atom. The first-order chi connectivity index (χ1) is 15.8. The van der Waals surface area contributed by atoms with Crippen molar-refractivity contribution < 1.29 is 17.9 Å². The first-order valence-corrected chi connectivity index (χ1v) is 12.6. The van der Waals surface area contributed by atoms with Crippen LogP contribution in [0.15, 0.2) is 77.7 Å². The number of anilines is 2. The van der Waals surface area contributed by atoms with Crippen LogP contribution in [0, 0.1) is 0 Å². The van der Waals surface area contributed by atoms with Crippen molar-refractivity contribution in [3.8, 4) is 5.75 Å². The number of sulfonamides is 1. The summed E-state index contributed by atoms with van der Waals surface area (Å²) in [5.41, 5.74) is 1.11. The number of rotatable bonds is 10. The lowest BCUT2D eigenvalue weighted by atomic mass is 10.2. The minimum Gasteiger partial charge on any atom is -0.492 e. The van der Waals surface area contributed by atoms with Crippen LogP contribution in [0.4, 0.5) is 11.4 Å². The van der Waals surface area contributed by atoms with Crippen molar-refractivity contribution in [3.05, 3.63) is 82.8 Å². The van der Waals surface area contributed by atoms with Crippen molar-refractivity contribution in [2.45, 2.75) is 24.7 Å². The molecule has 6 nitrogen and oxygen atoms in total. The molecule has 0 unspecified atom stereocenters. The minimum atomic E-state index is -3.71. The summed E-state index contributed by atoms with van der Waals surface area (Å²) >= 11 is 11.9. The Morgan fingerprint density at radius 3 is 2.33 bits per heavy atom. The smallest absolute Gasteiger partial charge is 0.264 e. The van der Waals surface area contributed by atoms with E-state index in [0.717, 1.165) is 0 Å². The Labute approximate surface area is 204 Å². The molecule has 9 heteroatoms. The van der Waals surface area contributed by atoms with Crippen molar-refractivity contribution in [1.82, 2.24) is 0 Å². The van der Waals surface area contributed by atoms with E-state index >= 15 is 0 Å². The lowest BCUT2D eigenvalue weighted by molar-refractivity contribution is -0.116. The maximum Gasteiger partial charge on any atom is 0.264 e. The van der Waals surface area contributed by atoms with Gasteiger partial charge in [-0.25, -0.2) is 8.42 Å². The van der Waals surface area contributed by atoms with Gasteiger partial charge in [-0.1, -0.05) is 41.4 Å². The molecule has 3 rings (SSSR count). The summed E-state index contributed by atoms with van der Waals surface area (Å²) in [7, 11) is -3.71. The van der Waals surface area contributed by atoms with Gasteiger partial charge in [-0.3, -0.25) is 9.10 Å². The molecule has 33 heavy (non-hydrogen) atoms. The second-order valence-corrected chi connectivity index (χ2v) is 9.81. The Balaban J connectivity index is 1.53. The second kappa shape index (κ2) is 11.4. The van der Waals surface area contributed by atoms with Gasteiger partial charge in [0.15, 0.2) is 0 Å². The molecule has 174 valence electrons. The van der Waals surface area contributed by atoms with Crippen LogP contribution in [0.5, 0.6) is 5.75 Å². The molecule has 0 aliphatic carbocycles. The van der Waals surface area contributed by atoms with Gasteiger partial charge in [0.05, 0.1) is 22.2 Å². The monoisotopic (exact) mass is 506 g/mol. The highest BCUT2D eigenvalue weighted by Gasteiger charge is 2.23. The fraction of sp³-hybridized carbons (Fsp3) is 0.208. The first kappa shape index (κ1) is 24.9. The maximum atomic E-state index is 13.0. The zero-order valence-corrected chi connectivity index (χ0v) is 20.3. The summed E-state index contributed by atoms with van der Waals surface area (Å²) in [5, 5.41) is 3.70. The van der Waals surface area contributed by atoms with Crippen LogP contribution in [0.1, 0.15) is 19.8 Å². The molecule has 0 bridgehead atoms. The highest BCUT2D eigenvalue weighted by molar-refractivity contribution is 7.92. The van der Waals surface area contributed by atoms with Gasteiger partial charge in [-0.15, -0.1) is 0 Å². The number of benzene rings is 3. The molecule has 1 amide bonds. The molecular formula is C24H24Cl2N2O4S. The first-order valence-electron chi connectivity index (χ1n) is 10.4. The van der Waals surface area contributed by atoms with Crippen LogP contribution in [0.3, 0.4) is 0 Å². The van der Waals surface area contributed by atoms with Gasteiger partial charge in [-0.05, 0) is 67.9 Å². The van der Waals surface area contributed by atoms with E-state index in [9.17, 15) is 13.2 Å². The topological polar surface area (TPSA) is 75.7 Å². The van der Waals surface area contributed by atoms with E-state index in [2.05, 4.69) is 5.32 Å². The zero-order chi connectivity index (χ0) is 23.8. The van der Waals surface area contributed by atoms with E-state index in [4.69, 9.17) is 27.9 Å². The summed E-state index contributed by atoms with van der Waals surface area (Å²) in [6.45, 7) is 2.40. The van der Waals surface area contributed by atoms with Crippen LogP contribution >= 0.6 is 23.2 Å². The number of carbonyl (C=O) groups excluding carboxylic acids is 1. The van der Waals surface area contributed by atoms with Gasteiger partial charge in [0.25, 0.3) is 10.0 Å². The Bertz CT molecular complexity index is 1190. The molecule has 0 aromatic heterocycles. The van der Waals surface area contributed by atoms with Gasteiger partial charge in [0, 0.05) is 23.7 Å². The zero-order valence-electron chi connectivity index (χ0n) is 18.0. The third-order valence-corrected chi connectivity index (χ3v) is 7.20. The lowest BCUT2D eigenvalue weighted by Crippen LogP contribution is -2.30. The van der Waals surface area contributed by atoms with Gasteiger partial charge >= 0.3 is 0 Å². The molecule has 3 aromatic carbocycles. The normalized spacial score (nSPS) is 11.1. The van der Waals surface area contributed by atoms with E-state index in [-0.39, 0.29) is 17.2 Å². The lowest BCUT2D eigenvalue weighted by Gasteiger charge is -2.23. The SMILES string of the molecule is CCN(c1ccccc1)S(=O)(=O)c1ccc(NC(=O)CCCOc2ccc(Cl)cc2Cl)cc1. The third kappa shape index (κ3) is 6.63. The van der Waals surface area contributed by atoms with Gasteiger partial charge in [0.2, 0.25) is 5.91 Å². The molecule has 0 aliphatic heterocycles. The summed E-state index contributed by atoms with van der Waals surface area (Å²) < 4.78 is 33.0. The van der Waals surface area contributed by atoms with E-state index in [0.29, 0.717) is 46.7 Å². The number of hydrogen-bond acceptors (Lipinski definition) is 4. The van der Waals surface area contributed by atoms with Crippen molar-refractivity contribution in [1.29, 1.82) is 0 Å². The minimum absolute atomic E-state index is 0.152. The molecule has 0 spiro atoms. The molecule has 0 saturated heterocycles. The van der Waals surface area contributed by atoms with E-state index in [1.807, 2.05) is 6.07 Å². The largest absolute Gasteiger partial charge is 0.492 e. The number of hydrogen-bond donors (Lipinski definition) is 1. The van der Waals surface area contributed by atoms with Crippen LogP contribution < -0.4 is 14.4 Å². The Kier molecular flexibility index (Phi) is 8.61. The molecule has 0 fully saturated rings. The molecule has 0 aliphatic rings. The number of ether oxygens (including phenoxy) is 1. The highest BCUT2D eigenvalue weighted by Crippen LogP contribution is 2.28. The Hall–Kier alpha value is -2.74. The van der Waals surface area contributed by atoms with Gasteiger partial charge in [-0.2, -0.15) is 0 Å². The van der Waals surface area contributed by atoms with Gasteiger partial charge in [0.1, 0.15) is 5.75 Å². The molecular weight excluding hydrogens is 483 g/mol. The summed E-state index contributed by atoms with van der Waals surface area (Å²) in [6.07, 6.45) is 0.725. The predicted octanol–water partition coefficient (Wildman–Crippen LogP) is 6.01. The summed E-state index contributed by atoms with van der Waals surface area (Å²) in [4.78, 5) is 12.4. The second-order valence-electron chi connectivity index (χ2n) is 7.10. The number of nitrogens with one attached hydrogen (secondary N) is 1. The number of para-hydroxylation sites is 1. The predicted molar refractivity (Wildman–Crippen MR) is 133 cm³/mol. The standard InChI is InChI=1S/C24H24Cl2N2O4S/c1-2-28(20-7-4-3-5-8-20)33(30,31)21-13-11-19(12-14-21)27-24(29)9-6-16-32-23-15-10-18(25)17-22(23)26/h3-5,7-8,10-15,17H,2,6,9,16H2,1H3,(H,27,29). The fourth-order valence-corrected chi connectivity index (χ4v) is 5.09. The molecule has 0 heterocycles. The summed E-state index contributed by atoms with van der Waals surface area (Å²) in [5.74, 6) is 0.311.